The summed E-state index contributed by atoms with van der Waals surface area (Å²) in [5, 5.41) is 7.20. The molecule has 3 heterocycles. The first kappa shape index (κ1) is 21.3. The van der Waals surface area contributed by atoms with Gasteiger partial charge in [-0.15, -0.1) is 0 Å². The minimum absolute atomic E-state index is 0.116. The molecule has 0 spiro atoms. The fourth-order valence-electron chi connectivity index (χ4n) is 4.09. The Balaban J connectivity index is 1.68. The van der Waals surface area contributed by atoms with E-state index in [-0.39, 0.29) is 17.2 Å². The van der Waals surface area contributed by atoms with Crippen molar-refractivity contribution in [3.05, 3.63) is 53.1 Å². The summed E-state index contributed by atoms with van der Waals surface area (Å²) in [6.45, 7) is 5.55. The van der Waals surface area contributed by atoms with Crippen molar-refractivity contribution in [2.45, 2.75) is 44.6 Å². The van der Waals surface area contributed by atoms with Gasteiger partial charge in [0.25, 0.3) is 0 Å². The van der Waals surface area contributed by atoms with Gasteiger partial charge in [0, 0.05) is 23.4 Å². The minimum Gasteiger partial charge on any atom is -0.461 e. The molecule has 0 amide bonds. The van der Waals surface area contributed by atoms with Crippen LogP contribution < -0.4 is 0 Å². The van der Waals surface area contributed by atoms with E-state index in [2.05, 4.69) is 20.2 Å². The standard InChI is InChI=1S/C21H25N5O4S/c1-4-30-21(27)17-13(2)18(14(3)22-17)31(28,29)26-12-8-11-16(26)20-23-19(24-25-20)15-9-6-5-7-10-15/h5-7,9-10,16,22H,4,8,11-12H2,1-3H3,(H,23,24,25)/t16-/m0/s1. The zero-order valence-corrected chi connectivity index (χ0v) is 18.5. The van der Waals surface area contributed by atoms with Crippen LogP contribution in [0.1, 0.15) is 53.4 Å². The van der Waals surface area contributed by atoms with Gasteiger partial charge in [-0.25, -0.2) is 18.2 Å². The number of carbonyl (C=O) groups excluding carboxylic acids is 1. The van der Waals surface area contributed by atoms with E-state index in [1.807, 2.05) is 30.3 Å². The van der Waals surface area contributed by atoms with E-state index in [0.717, 1.165) is 5.56 Å². The number of aryl methyl sites for hydroxylation is 1. The largest absolute Gasteiger partial charge is 0.461 e. The SMILES string of the molecule is CCOC(=O)c1[nH]c(C)c(S(=O)(=O)N2CCC[C@H]2c2nc(-c3ccccc3)n[nH]2)c1C. The molecular weight excluding hydrogens is 418 g/mol. The Bertz CT molecular complexity index is 1200. The van der Waals surface area contributed by atoms with Crippen molar-refractivity contribution in [3.63, 3.8) is 0 Å². The molecule has 0 bridgehead atoms. The summed E-state index contributed by atoms with van der Waals surface area (Å²) in [5.41, 5.74) is 1.80. The predicted molar refractivity (Wildman–Crippen MR) is 114 cm³/mol. The van der Waals surface area contributed by atoms with E-state index in [1.165, 1.54) is 4.31 Å². The minimum atomic E-state index is -3.87. The first-order valence-electron chi connectivity index (χ1n) is 10.2. The molecule has 0 radical (unpaired) electrons. The van der Waals surface area contributed by atoms with Crippen molar-refractivity contribution in [2.75, 3.05) is 13.2 Å². The molecule has 2 aromatic heterocycles. The van der Waals surface area contributed by atoms with Crippen LogP contribution >= 0.6 is 0 Å². The zero-order chi connectivity index (χ0) is 22.2. The summed E-state index contributed by atoms with van der Waals surface area (Å²) in [5.74, 6) is 0.472. The van der Waals surface area contributed by atoms with Crippen molar-refractivity contribution in [3.8, 4) is 11.4 Å². The number of rotatable bonds is 6. The van der Waals surface area contributed by atoms with Gasteiger partial charge in [-0.1, -0.05) is 30.3 Å². The third kappa shape index (κ3) is 3.77. The Labute approximate surface area is 180 Å². The maximum absolute atomic E-state index is 13.6. The Morgan fingerprint density at radius 2 is 2.00 bits per heavy atom. The number of nitrogens with one attached hydrogen (secondary N) is 2. The summed E-state index contributed by atoms with van der Waals surface area (Å²) < 4.78 is 33.7. The molecule has 1 saturated heterocycles. The lowest BCUT2D eigenvalue weighted by atomic mass is 10.2. The van der Waals surface area contributed by atoms with Gasteiger partial charge >= 0.3 is 5.97 Å². The van der Waals surface area contributed by atoms with Crippen LogP contribution in [-0.4, -0.2) is 52.0 Å². The van der Waals surface area contributed by atoms with Crippen LogP contribution in [0.4, 0.5) is 0 Å². The number of hydrogen-bond acceptors (Lipinski definition) is 6. The second-order valence-electron chi connectivity index (χ2n) is 7.48. The summed E-state index contributed by atoms with van der Waals surface area (Å²) in [4.78, 5) is 19.8. The van der Waals surface area contributed by atoms with Crippen LogP contribution in [0.2, 0.25) is 0 Å². The average Bonchev–Trinajstić information content (AvgIpc) is 3.47. The van der Waals surface area contributed by atoms with Crippen LogP contribution in [0.3, 0.4) is 0 Å². The first-order chi connectivity index (χ1) is 14.8. The van der Waals surface area contributed by atoms with E-state index in [1.54, 1.807) is 20.8 Å². The molecule has 9 nitrogen and oxygen atoms in total. The van der Waals surface area contributed by atoms with Crippen molar-refractivity contribution in [2.24, 2.45) is 0 Å². The number of ether oxygens (including phenoxy) is 1. The van der Waals surface area contributed by atoms with Crippen LogP contribution in [-0.2, 0) is 14.8 Å². The van der Waals surface area contributed by atoms with Crippen LogP contribution in [0.15, 0.2) is 35.2 Å². The number of aromatic amines is 2. The molecule has 0 aliphatic carbocycles. The lowest BCUT2D eigenvalue weighted by Crippen LogP contribution is -2.32. The predicted octanol–water partition coefficient (Wildman–Crippen LogP) is 3.12. The maximum Gasteiger partial charge on any atom is 0.355 e. The third-order valence-electron chi connectivity index (χ3n) is 5.47. The fourth-order valence-corrected chi connectivity index (χ4v) is 6.16. The molecule has 0 unspecified atom stereocenters. The number of aromatic nitrogens is 4. The van der Waals surface area contributed by atoms with Gasteiger partial charge < -0.3 is 9.72 Å². The first-order valence-corrected chi connectivity index (χ1v) is 11.6. The molecule has 1 aliphatic heterocycles. The number of hydrogen-bond donors (Lipinski definition) is 2. The summed E-state index contributed by atoms with van der Waals surface area (Å²) in [6.07, 6.45) is 1.34. The Morgan fingerprint density at radius 3 is 2.71 bits per heavy atom. The van der Waals surface area contributed by atoms with Crippen molar-refractivity contribution < 1.29 is 17.9 Å². The molecular formula is C21H25N5O4S. The highest BCUT2D eigenvalue weighted by atomic mass is 32.2. The molecule has 3 aromatic rings. The number of H-pyrrole nitrogens is 2. The average molecular weight is 444 g/mol. The van der Waals surface area contributed by atoms with Gasteiger partial charge in [0.15, 0.2) is 5.82 Å². The normalized spacial score (nSPS) is 17.2. The Morgan fingerprint density at radius 1 is 1.26 bits per heavy atom. The van der Waals surface area contributed by atoms with Crippen molar-refractivity contribution in [1.29, 1.82) is 0 Å². The van der Waals surface area contributed by atoms with Gasteiger partial charge in [-0.3, -0.25) is 5.10 Å². The monoisotopic (exact) mass is 443 g/mol. The van der Waals surface area contributed by atoms with E-state index in [0.29, 0.717) is 42.3 Å². The number of esters is 1. The van der Waals surface area contributed by atoms with Crippen molar-refractivity contribution in [1.82, 2.24) is 24.5 Å². The molecule has 1 aromatic carbocycles. The molecule has 10 heteroatoms. The topological polar surface area (TPSA) is 121 Å². The third-order valence-corrected chi connectivity index (χ3v) is 7.65. The van der Waals surface area contributed by atoms with E-state index in [4.69, 9.17) is 4.74 Å². The molecule has 1 atom stereocenters. The van der Waals surface area contributed by atoms with Gasteiger partial charge in [-0.05, 0) is 33.6 Å². The summed E-state index contributed by atoms with van der Waals surface area (Å²) >= 11 is 0. The highest BCUT2D eigenvalue weighted by molar-refractivity contribution is 7.89. The second-order valence-corrected chi connectivity index (χ2v) is 9.31. The number of benzene rings is 1. The van der Waals surface area contributed by atoms with Crippen LogP contribution in [0, 0.1) is 13.8 Å². The zero-order valence-electron chi connectivity index (χ0n) is 17.7. The van der Waals surface area contributed by atoms with Crippen molar-refractivity contribution >= 4 is 16.0 Å². The number of nitrogens with zero attached hydrogens (tertiary/aromatic N) is 3. The second kappa shape index (κ2) is 8.27. The van der Waals surface area contributed by atoms with E-state index >= 15 is 0 Å². The van der Waals surface area contributed by atoms with Gasteiger partial charge in [0.2, 0.25) is 10.0 Å². The smallest absolute Gasteiger partial charge is 0.355 e. The molecule has 4 rings (SSSR count). The molecule has 0 saturated carbocycles. The lowest BCUT2D eigenvalue weighted by molar-refractivity contribution is 0.0519. The van der Waals surface area contributed by atoms with Gasteiger partial charge in [0.05, 0.1) is 12.6 Å². The van der Waals surface area contributed by atoms with E-state index < -0.39 is 22.0 Å². The fraction of sp³-hybridized carbons (Fsp3) is 0.381. The van der Waals surface area contributed by atoms with Gasteiger partial charge in [0.1, 0.15) is 16.4 Å². The highest BCUT2D eigenvalue weighted by Crippen LogP contribution is 2.38. The molecule has 2 N–H and O–H groups in total. The van der Waals surface area contributed by atoms with Crippen LogP contribution in [0.25, 0.3) is 11.4 Å². The summed E-state index contributed by atoms with van der Waals surface area (Å²) in [7, 11) is -3.87. The van der Waals surface area contributed by atoms with Crippen LogP contribution in [0.5, 0.6) is 0 Å². The number of sulfonamides is 1. The lowest BCUT2D eigenvalue weighted by Gasteiger charge is -2.22. The number of carbonyl (C=O) groups is 1. The van der Waals surface area contributed by atoms with Gasteiger partial charge in [-0.2, -0.15) is 9.40 Å². The Kier molecular flexibility index (Phi) is 5.67. The van der Waals surface area contributed by atoms with E-state index in [9.17, 15) is 13.2 Å². The quantitative estimate of drug-likeness (QED) is 0.565. The molecule has 164 valence electrons. The summed E-state index contributed by atoms with van der Waals surface area (Å²) in [6, 6.07) is 9.06. The molecule has 1 aliphatic rings. The Hall–Kier alpha value is -2.98. The maximum atomic E-state index is 13.6. The highest BCUT2D eigenvalue weighted by Gasteiger charge is 2.40. The molecule has 31 heavy (non-hydrogen) atoms. The molecule has 1 fully saturated rings.